The van der Waals surface area contributed by atoms with Crippen molar-refractivity contribution < 1.29 is 4.39 Å². The summed E-state index contributed by atoms with van der Waals surface area (Å²) in [5.41, 5.74) is 3.66. The van der Waals surface area contributed by atoms with E-state index in [1.165, 1.54) is 30.2 Å². The van der Waals surface area contributed by atoms with Gasteiger partial charge in [0.05, 0.1) is 0 Å². The van der Waals surface area contributed by atoms with Crippen LogP contribution in [0.5, 0.6) is 0 Å². The van der Waals surface area contributed by atoms with E-state index >= 15 is 0 Å². The van der Waals surface area contributed by atoms with Crippen molar-refractivity contribution >= 4 is 10.9 Å². The Morgan fingerprint density at radius 2 is 1.89 bits per heavy atom. The average molecular weight is 258 g/mol. The number of aryl methyl sites for hydroxylation is 1. The lowest BCUT2D eigenvalue weighted by atomic mass is 9.93. The van der Waals surface area contributed by atoms with Crippen molar-refractivity contribution in [3.8, 4) is 0 Å². The maximum absolute atomic E-state index is 13.5. The van der Waals surface area contributed by atoms with Crippen LogP contribution < -0.4 is 5.32 Å². The maximum atomic E-state index is 13.5. The van der Waals surface area contributed by atoms with Gasteiger partial charge in [0.25, 0.3) is 0 Å². The summed E-state index contributed by atoms with van der Waals surface area (Å²) in [4.78, 5) is 3.41. The van der Waals surface area contributed by atoms with Crippen molar-refractivity contribution in [1.29, 1.82) is 0 Å². The standard InChI is InChI=1S/C16H19FN2/c1-9-16(10-4-11-7-18-8-12(11)5-10)14-6-13(17)2-3-15(14)19-9/h2-3,6,10-12,18-19H,4-5,7-8H2,1H3. The van der Waals surface area contributed by atoms with Crippen molar-refractivity contribution in [2.75, 3.05) is 13.1 Å². The molecule has 2 nitrogen and oxygen atoms in total. The number of rotatable bonds is 1. The minimum Gasteiger partial charge on any atom is -0.358 e. The molecule has 1 aromatic heterocycles. The Morgan fingerprint density at radius 1 is 1.16 bits per heavy atom. The lowest BCUT2D eigenvalue weighted by Gasteiger charge is -2.12. The fourth-order valence-corrected chi connectivity index (χ4v) is 4.25. The third kappa shape index (κ3) is 1.71. The van der Waals surface area contributed by atoms with Crippen molar-refractivity contribution in [2.24, 2.45) is 11.8 Å². The normalized spacial score (nSPS) is 30.1. The third-order valence-electron chi connectivity index (χ3n) is 5.06. The summed E-state index contributed by atoms with van der Waals surface area (Å²) in [6, 6.07) is 5.09. The number of benzene rings is 1. The minimum absolute atomic E-state index is 0.132. The van der Waals surface area contributed by atoms with Crippen molar-refractivity contribution in [2.45, 2.75) is 25.7 Å². The van der Waals surface area contributed by atoms with Gasteiger partial charge in [0.2, 0.25) is 0 Å². The van der Waals surface area contributed by atoms with E-state index in [2.05, 4.69) is 17.2 Å². The zero-order valence-corrected chi connectivity index (χ0v) is 11.2. The van der Waals surface area contributed by atoms with Gasteiger partial charge in [0.1, 0.15) is 5.82 Å². The molecule has 2 unspecified atom stereocenters. The van der Waals surface area contributed by atoms with Crippen molar-refractivity contribution in [1.82, 2.24) is 10.3 Å². The molecular weight excluding hydrogens is 239 g/mol. The molecule has 0 amide bonds. The summed E-state index contributed by atoms with van der Waals surface area (Å²) in [6.07, 6.45) is 2.50. The molecule has 19 heavy (non-hydrogen) atoms. The number of fused-ring (bicyclic) bond motifs is 2. The molecular formula is C16H19FN2. The lowest BCUT2D eigenvalue weighted by Crippen LogP contribution is -2.11. The summed E-state index contributed by atoms with van der Waals surface area (Å²) in [5.74, 6) is 2.12. The Morgan fingerprint density at radius 3 is 2.63 bits per heavy atom. The number of hydrogen-bond donors (Lipinski definition) is 2. The van der Waals surface area contributed by atoms with Crippen LogP contribution in [-0.2, 0) is 0 Å². The van der Waals surface area contributed by atoms with E-state index in [0.717, 1.165) is 35.8 Å². The first kappa shape index (κ1) is 11.5. The summed E-state index contributed by atoms with van der Waals surface area (Å²) in [5, 5.41) is 4.58. The van der Waals surface area contributed by atoms with Crippen LogP contribution in [0.3, 0.4) is 0 Å². The number of hydrogen-bond acceptors (Lipinski definition) is 1. The SMILES string of the molecule is Cc1[nH]c2ccc(F)cc2c1C1CC2CNCC2C1. The van der Waals surface area contributed by atoms with Gasteiger partial charge in [-0.3, -0.25) is 0 Å². The Hall–Kier alpha value is -1.35. The zero-order chi connectivity index (χ0) is 13.0. The largest absolute Gasteiger partial charge is 0.358 e. The van der Waals surface area contributed by atoms with Gasteiger partial charge in [0.15, 0.2) is 0 Å². The van der Waals surface area contributed by atoms with Crippen LogP contribution in [0.15, 0.2) is 18.2 Å². The predicted molar refractivity (Wildman–Crippen MR) is 74.8 cm³/mol. The highest BCUT2D eigenvalue weighted by molar-refractivity contribution is 5.85. The molecule has 0 spiro atoms. The molecule has 0 radical (unpaired) electrons. The smallest absolute Gasteiger partial charge is 0.123 e. The van der Waals surface area contributed by atoms with Crippen LogP contribution in [0, 0.1) is 24.6 Å². The second-order valence-corrected chi connectivity index (χ2v) is 6.20. The van der Waals surface area contributed by atoms with Crippen molar-refractivity contribution in [3.05, 3.63) is 35.3 Å². The molecule has 0 bridgehead atoms. The zero-order valence-electron chi connectivity index (χ0n) is 11.2. The molecule has 1 saturated carbocycles. The Labute approximate surface area is 112 Å². The van der Waals surface area contributed by atoms with Gasteiger partial charge in [-0.2, -0.15) is 0 Å². The van der Waals surface area contributed by atoms with Crippen molar-refractivity contribution in [3.63, 3.8) is 0 Å². The van der Waals surface area contributed by atoms with Gasteiger partial charge in [-0.25, -0.2) is 4.39 Å². The molecule has 2 N–H and O–H groups in total. The van der Waals surface area contributed by atoms with Crippen LogP contribution in [0.4, 0.5) is 4.39 Å². The molecule has 100 valence electrons. The van der Waals surface area contributed by atoms with Gasteiger partial charge in [-0.05, 0) is 74.4 Å². The van der Waals surface area contributed by atoms with Gasteiger partial charge in [0, 0.05) is 16.6 Å². The second kappa shape index (κ2) is 4.07. The first-order valence-electron chi connectivity index (χ1n) is 7.21. The number of aromatic amines is 1. The molecule has 2 heterocycles. The third-order valence-corrected chi connectivity index (χ3v) is 5.06. The van der Waals surface area contributed by atoms with Crippen LogP contribution >= 0.6 is 0 Å². The molecule has 3 heteroatoms. The van der Waals surface area contributed by atoms with Crippen LogP contribution in [0.1, 0.15) is 30.0 Å². The second-order valence-electron chi connectivity index (χ2n) is 6.20. The maximum Gasteiger partial charge on any atom is 0.123 e. The Bertz CT molecular complexity index is 619. The Balaban J connectivity index is 1.78. The van der Waals surface area contributed by atoms with Gasteiger partial charge in [-0.1, -0.05) is 0 Å². The van der Waals surface area contributed by atoms with E-state index in [0.29, 0.717) is 5.92 Å². The molecule has 1 aromatic carbocycles. The topological polar surface area (TPSA) is 27.8 Å². The highest BCUT2D eigenvalue weighted by atomic mass is 19.1. The minimum atomic E-state index is -0.132. The van der Waals surface area contributed by atoms with Crippen LogP contribution in [-0.4, -0.2) is 18.1 Å². The molecule has 2 fully saturated rings. The van der Waals surface area contributed by atoms with E-state index in [9.17, 15) is 4.39 Å². The van der Waals surface area contributed by atoms with Gasteiger partial charge < -0.3 is 10.3 Å². The van der Waals surface area contributed by atoms with Crippen LogP contribution in [0.2, 0.25) is 0 Å². The van der Waals surface area contributed by atoms with E-state index in [1.807, 2.05) is 6.07 Å². The predicted octanol–water partition coefficient (Wildman–Crippen LogP) is 3.33. The summed E-state index contributed by atoms with van der Waals surface area (Å²) in [7, 11) is 0. The van der Waals surface area contributed by atoms with Gasteiger partial charge in [-0.15, -0.1) is 0 Å². The molecule has 1 aliphatic heterocycles. The average Bonchev–Trinajstić information content (AvgIpc) is 2.99. The number of aromatic nitrogens is 1. The number of H-pyrrole nitrogens is 1. The molecule has 1 aliphatic carbocycles. The lowest BCUT2D eigenvalue weighted by molar-refractivity contribution is 0.494. The molecule has 4 rings (SSSR count). The first-order chi connectivity index (χ1) is 9.22. The van der Waals surface area contributed by atoms with E-state index in [4.69, 9.17) is 0 Å². The van der Waals surface area contributed by atoms with Gasteiger partial charge >= 0.3 is 0 Å². The monoisotopic (exact) mass is 258 g/mol. The number of nitrogens with one attached hydrogen (secondary N) is 2. The fraction of sp³-hybridized carbons (Fsp3) is 0.500. The fourth-order valence-electron chi connectivity index (χ4n) is 4.25. The van der Waals surface area contributed by atoms with E-state index in [-0.39, 0.29) is 5.82 Å². The van der Waals surface area contributed by atoms with Crippen LogP contribution in [0.25, 0.3) is 10.9 Å². The first-order valence-corrected chi connectivity index (χ1v) is 7.21. The van der Waals surface area contributed by atoms with E-state index < -0.39 is 0 Å². The highest BCUT2D eigenvalue weighted by Crippen LogP contribution is 2.46. The molecule has 2 aromatic rings. The summed E-state index contributed by atoms with van der Waals surface area (Å²) >= 11 is 0. The summed E-state index contributed by atoms with van der Waals surface area (Å²) in [6.45, 7) is 4.45. The molecule has 2 aliphatic rings. The number of halogens is 1. The highest BCUT2D eigenvalue weighted by Gasteiger charge is 2.39. The molecule has 1 saturated heterocycles. The van der Waals surface area contributed by atoms with E-state index in [1.54, 1.807) is 6.07 Å². The molecule has 2 atom stereocenters. The summed E-state index contributed by atoms with van der Waals surface area (Å²) < 4.78 is 13.5. The Kier molecular flexibility index (Phi) is 2.46. The quantitative estimate of drug-likeness (QED) is 0.806.